The molecule has 0 bridgehead atoms. The van der Waals surface area contributed by atoms with E-state index in [2.05, 4.69) is 0 Å². The van der Waals surface area contributed by atoms with E-state index in [0.29, 0.717) is 27.0 Å². The molecule has 0 saturated carbocycles. The number of hydrogen-bond donors (Lipinski definition) is 1. The molecule has 0 spiro atoms. The normalized spacial score (nSPS) is 10.3. The molecule has 0 amide bonds. The molecule has 128 valence electrons. The molecule has 0 atom stereocenters. The van der Waals surface area contributed by atoms with Crippen molar-refractivity contribution >= 4 is 58.7 Å². The van der Waals surface area contributed by atoms with Crippen LogP contribution < -0.4 is 5.43 Å². The van der Waals surface area contributed by atoms with Crippen LogP contribution >= 0.6 is 23.2 Å². The molecule has 0 saturated heterocycles. The fourth-order valence-corrected chi connectivity index (χ4v) is 3.00. The van der Waals surface area contributed by atoms with Crippen LogP contribution in [-0.4, -0.2) is 45.2 Å². The number of hydrogen-bond acceptors (Lipinski definition) is 2. The number of halogens is 2. The van der Waals surface area contributed by atoms with Crippen molar-refractivity contribution in [3.05, 3.63) is 80.4 Å². The Kier molecular flexibility index (Phi) is 6.72. The van der Waals surface area contributed by atoms with Crippen molar-refractivity contribution in [3.8, 4) is 22.5 Å². The monoisotopic (exact) mass is 397 g/mol. The zero-order valence-corrected chi connectivity index (χ0v) is 14.7. The van der Waals surface area contributed by atoms with E-state index in [9.17, 15) is 14.7 Å². The molecule has 0 radical (unpaired) electrons. The van der Waals surface area contributed by atoms with Crippen LogP contribution in [0, 0.1) is 0 Å². The molecule has 1 aromatic heterocycles. The minimum atomic E-state index is -1.27. The van der Waals surface area contributed by atoms with Crippen molar-refractivity contribution in [1.29, 1.82) is 0 Å². The van der Waals surface area contributed by atoms with Gasteiger partial charge in [-0.1, -0.05) is 47.5 Å². The molecule has 4 nitrogen and oxygen atoms in total. The number of aromatic nitrogens is 1. The number of benzene rings is 2. The van der Waals surface area contributed by atoms with Gasteiger partial charge in [0.05, 0.1) is 11.4 Å². The summed E-state index contributed by atoms with van der Waals surface area (Å²) in [5.74, 6) is -1.27. The van der Waals surface area contributed by atoms with Crippen LogP contribution in [-0.2, 0) is 7.05 Å². The Hall–Kier alpha value is -1.56. The molecule has 0 aliphatic rings. The van der Waals surface area contributed by atoms with Crippen molar-refractivity contribution in [2.75, 3.05) is 0 Å². The summed E-state index contributed by atoms with van der Waals surface area (Å²) in [6.07, 6.45) is 0. The van der Waals surface area contributed by atoms with Crippen LogP contribution in [0.2, 0.25) is 10.0 Å². The average molecular weight is 398 g/mol. The average Bonchev–Trinajstić information content (AvgIpc) is 2.58. The summed E-state index contributed by atoms with van der Waals surface area (Å²) in [6, 6.07) is 15.0. The van der Waals surface area contributed by atoms with Crippen molar-refractivity contribution in [1.82, 2.24) is 4.57 Å². The first-order chi connectivity index (χ1) is 11.9. The van der Waals surface area contributed by atoms with E-state index in [-0.39, 0.29) is 35.1 Å². The van der Waals surface area contributed by atoms with Crippen molar-refractivity contribution < 1.29 is 9.90 Å². The van der Waals surface area contributed by atoms with Gasteiger partial charge in [-0.25, -0.2) is 4.79 Å². The van der Waals surface area contributed by atoms with Crippen LogP contribution in [0.25, 0.3) is 22.5 Å². The molecule has 1 heterocycles. The SMILES string of the molecule is Cn1c(-c2ccc(Cl)cc2)cc(=O)c(C(=O)O)c1-c1ccc(Cl)cc1.[NaH]. The Balaban J connectivity index is 0.00000243. The molecule has 0 fully saturated rings. The van der Waals surface area contributed by atoms with Crippen LogP contribution in [0.4, 0.5) is 0 Å². The minimum absolute atomic E-state index is 0. The Morgan fingerprint density at radius 1 is 0.923 bits per heavy atom. The van der Waals surface area contributed by atoms with Crippen LogP contribution in [0.5, 0.6) is 0 Å². The van der Waals surface area contributed by atoms with E-state index in [0.717, 1.165) is 5.56 Å². The summed E-state index contributed by atoms with van der Waals surface area (Å²) in [5.41, 5.74) is 1.44. The van der Waals surface area contributed by atoms with E-state index < -0.39 is 11.4 Å². The Morgan fingerprint density at radius 2 is 1.38 bits per heavy atom. The third kappa shape index (κ3) is 4.05. The van der Waals surface area contributed by atoms with Gasteiger partial charge in [-0.15, -0.1) is 0 Å². The van der Waals surface area contributed by atoms with Crippen LogP contribution in [0.1, 0.15) is 10.4 Å². The topological polar surface area (TPSA) is 59.3 Å². The van der Waals surface area contributed by atoms with Gasteiger partial charge in [0, 0.05) is 23.2 Å². The van der Waals surface area contributed by atoms with Crippen molar-refractivity contribution in [2.45, 2.75) is 0 Å². The second-order valence-corrected chi connectivity index (χ2v) is 6.37. The van der Waals surface area contributed by atoms with Gasteiger partial charge >= 0.3 is 35.5 Å². The Morgan fingerprint density at radius 3 is 1.85 bits per heavy atom. The van der Waals surface area contributed by atoms with Crippen LogP contribution in [0.15, 0.2) is 59.4 Å². The van der Waals surface area contributed by atoms with Gasteiger partial charge in [-0.2, -0.15) is 0 Å². The van der Waals surface area contributed by atoms with E-state index in [1.807, 2.05) is 0 Å². The zero-order valence-electron chi connectivity index (χ0n) is 13.2. The molecule has 3 rings (SSSR count). The van der Waals surface area contributed by atoms with E-state index >= 15 is 0 Å². The summed E-state index contributed by atoms with van der Waals surface area (Å²) < 4.78 is 1.69. The standard InChI is InChI=1S/C19H13Cl2NO3.Na.H/c1-22-15(11-2-6-13(20)7-3-11)10-16(23)17(19(24)25)18(22)12-4-8-14(21)9-5-12;;/h2-10H,1H3,(H,24,25);;. The summed E-state index contributed by atoms with van der Waals surface area (Å²) >= 11 is 11.8. The molecule has 1 N–H and O–H groups in total. The summed E-state index contributed by atoms with van der Waals surface area (Å²) in [4.78, 5) is 24.2. The molecule has 0 aliphatic carbocycles. The van der Waals surface area contributed by atoms with Gasteiger partial charge in [0.2, 0.25) is 0 Å². The number of aromatic carboxylic acids is 1. The number of carbonyl (C=O) groups is 1. The van der Waals surface area contributed by atoms with E-state index in [1.165, 1.54) is 6.07 Å². The predicted molar refractivity (Wildman–Crippen MR) is 107 cm³/mol. The molecule has 0 aliphatic heterocycles. The number of nitrogens with zero attached hydrogens (tertiary/aromatic N) is 1. The van der Waals surface area contributed by atoms with Gasteiger partial charge < -0.3 is 9.67 Å². The maximum absolute atomic E-state index is 12.5. The number of pyridine rings is 1. The Labute approximate surface area is 182 Å². The molecule has 3 aromatic rings. The summed E-state index contributed by atoms with van der Waals surface area (Å²) in [5, 5.41) is 10.6. The summed E-state index contributed by atoms with van der Waals surface area (Å²) in [7, 11) is 1.72. The first-order valence-corrected chi connectivity index (χ1v) is 8.13. The molecule has 0 unspecified atom stereocenters. The predicted octanol–water partition coefficient (Wildman–Crippen LogP) is 4.08. The molecule has 26 heavy (non-hydrogen) atoms. The van der Waals surface area contributed by atoms with Gasteiger partial charge in [-0.05, 0) is 35.4 Å². The fraction of sp³-hybridized carbons (Fsp3) is 0.0526. The first-order valence-electron chi connectivity index (χ1n) is 7.37. The maximum atomic E-state index is 12.5. The van der Waals surface area contributed by atoms with Crippen molar-refractivity contribution in [2.24, 2.45) is 7.05 Å². The second-order valence-electron chi connectivity index (χ2n) is 5.50. The number of carboxylic acids is 1. The summed E-state index contributed by atoms with van der Waals surface area (Å²) in [6.45, 7) is 0. The van der Waals surface area contributed by atoms with Gasteiger partial charge in [-0.3, -0.25) is 4.79 Å². The second kappa shape index (κ2) is 8.42. The van der Waals surface area contributed by atoms with Gasteiger partial charge in [0.25, 0.3) is 0 Å². The number of carboxylic acid groups (broad SMARTS) is 1. The third-order valence-electron chi connectivity index (χ3n) is 3.92. The number of rotatable bonds is 3. The zero-order chi connectivity index (χ0) is 18.1. The quantitative estimate of drug-likeness (QED) is 0.677. The van der Waals surface area contributed by atoms with Crippen molar-refractivity contribution in [3.63, 3.8) is 0 Å². The van der Waals surface area contributed by atoms with Gasteiger partial charge in [0.15, 0.2) is 5.43 Å². The fourth-order valence-electron chi connectivity index (χ4n) is 2.75. The molecule has 7 heteroatoms. The molecular formula is C19H14Cl2NNaO3. The third-order valence-corrected chi connectivity index (χ3v) is 4.42. The van der Waals surface area contributed by atoms with E-state index in [4.69, 9.17) is 23.2 Å². The Bertz CT molecular complexity index is 1010. The van der Waals surface area contributed by atoms with E-state index in [1.54, 1.807) is 60.1 Å². The first kappa shape index (κ1) is 20.7. The van der Waals surface area contributed by atoms with Gasteiger partial charge in [0.1, 0.15) is 5.56 Å². The molecular weight excluding hydrogens is 384 g/mol. The molecule has 2 aromatic carbocycles. The van der Waals surface area contributed by atoms with Crippen LogP contribution in [0.3, 0.4) is 0 Å².